The molecule has 5 heteroatoms. The third kappa shape index (κ3) is 1.52. The van der Waals surface area contributed by atoms with Gasteiger partial charge in [-0.2, -0.15) is 0 Å². The summed E-state index contributed by atoms with van der Waals surface area (Å²) in [5.74, 6) is 0.915. The van der Waals surface area contributed by atoms with Gasteiger partial charge in [0.1, 0.15) is 0 Å². The van der Waals surface area contributed by atoms with Gasteiger partial charge < -0.3 is 14.7 Å². The molecule has 2 fully saturated rings. The van der Waals surface area contributed by atoms with E-state index in [-0.39, 0.29) is 5.91 Å². The van der Waals surface area contributed by atoms with Crippen LogP contribution in [0.5, 0.6) is 0 Å². The molecule has 2 aliphatic rings. The molecule has 0 unspecified atom stereocenters. The van der Waals surface area contributed by atoms with Crippen LogP contribution in [0.2, 0.25) is 0 Å². The molecule has 0 spiro atoms. The molecule has 1 N–H and O–H groups in total. The zero-order valence-electron chi connectivity index (χ0n) is 8.35. The highest BCUT2D eigenvalue weighted by Crippen LogP contribution is 2.23. The molecular formula is C10H13N3O2. The van der Waals surface area contributed by atoms with Crippen LogP contribution < -0.4 is 5.32 Å². The summed E-state index contributed by atoms with van der Waals surface area (Å²) in [5, 5.41) is 6.96. The van der Waals surface area contributed by atoms with E-state index in [1.165, 1.54) is 12.6 Å². The summed E-state index contributed by atoms with van der Waals surface area (Å²) in [6.07, 6.45) is 2.70. The van der Waals surface area contributed by atoms with Crippen LogP contribution in [-0.4, -0.2) is 41.6 Å². The monoisotopic (exact) mass is 207 g/mol. The summed E-state index contributed by atoms with van der Waals surface area (Å²) >= 11 is 0. The highest BCUT2D eigenvalue weighted by atomic mass is 16.5. The van der Waals surface area contributed by atoms with Crippen LogP contribution in [0.1, 0.15) is 17.0 Å². The second-order valence-electron chi connectivity index (χ2n) is 4.29. The molecule has 0 radical (unpaired) electrons. The van der Waals surface area contributed by atoms with Crippen LogP contribution in [0.25, 0.3) is 0 Å². The van der Waals surface area contributed by atoms with Crippen molar-refractivity contribution >= 4 is 5.91 Å². The number of nitrogens with one attached hydrogen (secondary N) is 1. The van der Waals surface area contributed by atoms with Crippen molar-refractivity contribution in [2.24, 2.45) is 5.92 Å². The molecule has 80 valence electrons. The Labute approximate surface area is 87.4 Å². The van der Waals surface area contributed by atoms with E-state index < -0.39 is 0 Å². The van der Waals surface area contributed by atoms with Gasteiger partial charge in [0.05, 0.1) is 6.20 Å². The summed E-state index contributed by atoms with van der Waals surface area (Å²) in [4.78, 5) is 13.8. The van der Waals surface area contributed by atoms with Crippen LogP contribution in [-0.2, 0) is 0 Å². The third-order valence-electron chi connectivity index (χ3n) is 3.17. The Bertz CT molecular complexity index is 351. The lowest BCUT2D eigenvalue weighted by molar-refractivity contribution is 0.0650. The van der Waals surface area contributed by atoms with Crippen LogP contribution in [0.15, 0.2) is 16.8 Å². The zero-order chi connectivity index (χ0) is 10.3. The maximum Gasteiger partial charge on any atom is 0.292 e. The molecule has 5 nitrogen and oxygen atoms in total. The van der Waals surface area contributed by atoms with Gasteiger partial charge in [0.15, 0.2) is 0 Å². The molecule has 2 saturated heterocycles. The summed E-state index contributed by atoms with van der Waals surface area (Å²) in [5.41, 5.74) is 0. The van der Waals surface area contributed by atoms with Crippen molar-refractivity contribution in [3.63, 3.8) is 0 Å². The van der Waals surface area contributed by atoms with E-state index in [4.69, 9.17) is 4.52 Å². The molecule has 1 aromatic rings. The number of piperidine rings is 1. The van der Waals surface area contributed by atoms with E-state index in [1.54, 1.807) is 6.07 Å². The van der Waals surface area contributed by atoms with Crippen molar-refractivity contribution in [1.82, 2.24) is 15.4 Å². The number of nitrogens with zero attached hydrogens (tertiary/aromatic N) is 2. The minimum absolute atomic E-state index is 0.0362. The number of likely N-dealkylation sites (tertiary alicyclic amines) is 1. The fourth-order valence-corrected chi connectivity index (χ4v) is 2.48. The van der Waals surface area contributed by atoms with E-state index in [9.17, 15) is 4.79 Å². The quantitative estimate of drug-likeness (QED) is 0.710. The molecule has 3 heterocycles. The predicted octanol–water partition coefficient (Wildman–Crippen LogP) is 0.108. The molecule has 3 rings (SSSR count). The summed E-state index contributed by atoms with van der Waals surface area (Å²) in [7, 11) is 0. The fraction of sp³-hybridized carbons (Fsp3) is 0.600. The first-order chi connectivity index (χ1) is 7.33. The van der Waals surface area contributed by atoms with Gasteiger partial charge in [-0.15, -0.1) is 0 Å². The first-order valence-electron chi connectivity index (χ1n) is 5.26. The minimum atomic E-state index is -0.0362. The van der Waals surface area contributed by atoms with Crippen molar-refractivity contribution in [3.05, 3.63) is 18.0 Å². The molecule has 0 saturated carbocycles. The fourth-order valence-electron chi connectivity index (χ4n) is 2.48. The van der Waals surface area contributed by atoms with E-state index in [0.717, 1.165) is 19.6 Å². The summed E-state index contributed by atoms with van der Waals surface area (Å²) in [6.45, 7) is 2.66. The second-order valence-corrected chi connectivity index (χ2v) is 4.29. The third-order valence-corrected chi connectivity index (χ3v) is 3.17. The van der Waals surface area contributed by atoms with Crippen LogP contribution in [0, 0.1) is 5.92 Å². The van der Waals surface area contributed by atoms with E-state index in [0.29, 0.717) is 17.7 Å². The Balaban J connectivity index is 1.75. The van der Waals surface area contributed by atoms with Crippen molar-refractivity contribution in [2.45, 2.75) is 12.5 Å². The Morgan fingerprint density at radius 3 is 3.27 bits per heavy atom. The van der Waals surface area contributed by atoms with Crippen LogP contribution in [0.3, 0.4) is 0 Å². The van der Waals surface area contributed by atoms with E-state index >= 15 is 0 Å². The molecule has 2 aliphatic heterocycles. The molecular weight excluding hydrogens is 194 g/mol. The number of hydrogen-bond donors (Lipinski definition) is 1. The standard InChI is InChI=1S/C10H13N3O2/c14-10(9-1-2-12-15-9)13-5-7-3-8(6-13)11-4-7/h1-2,7-8,11H,3-6H2/t7-,8-/m1/s1. The Morgan fingerprint density at radius 2 is 2.53 bits per heavy atom. The number of amides is 1. The van der Waals surface area contributed by atoms with Gasteiger partial charge >= 0.3 is 0 Å². The highest BCUT2D eigenvalue weighted by molar-refractivity contribution is 5.91. The van der Waals surface area contributed by atoms with E-state index in [2.05, 4.69) is 10.5 Å². The van der Waals surface area contributed by atoms with Gasteiger partial charge in [-0.1, -0.05) is 5.16 Å². The molecule has 0 aliphatic carbocycles. The van der Waals surface area contributed by atoms with Crippen molar-refractivity contribution < 1.29 is 9.32 Å². The molecule has 2 bridgehead atoms. The van der Waals surface area contributed by atoms with Crippen molar-refractivity contribution in [3.8, 4) is 0 Å². The van der Waals surface area contributed by atoms with Gasteiger partial charge in [0.2, 0.25) is 5.76 Å². The number of fused-ring (bicyclic) bond motifs is 2. The highest BCUT2D eigenvalue weighted by Gasteiger charge is 2.35. The van der Waals surface area contributed by atoms with Crippen molar-refractivity contribution in [2.75, 3.05) is 19.6 Å². The first kappa shape index (κ1) is 8.91. The minimum Gasteiger partial charge on any atom is -0.351 e. The Hall–Kier alpha value is -1.36. The second kappa shape index (κ2) is 3.34. The van der Waals surface area contributed by atoms with Crippen molar-refractivity contribution in [1.29, 1.82) is 0 Å². The maximum atomic E-state index is 11.9. The number of carbonyl (C=O) groups is 1. The number of aromatic nitrogens is 1. The number of carbonyl (C=O) groups excluding carboxylic acids is 1. The molecule has 1 aromatic heterocycles. The Morgan fingerprint density at radius 1 is 1.60 bits per heavy atom. The largest absolute Gasteiger partial charge is 0.351 e. The van der Waals surface area contributed by atoms with Crippen LogP contribution in [0.4, 0.5) is 0 Å². The molecule has 2 atom stereocenters. The summed E-state index contributed by atoms with van der Waals surface area (Å²) in [6, 6.07) is 2.09. The molecule has 1 amide bonds. The normalized spacial score (nSPS) is 29.5. The molecule has 0 aromatic carbocycles. The Kier molecular flexibility index (Phi) is 1.98. The summed E-state index contributed by atoms with van der Waals surface area (Å²) < 4.78 is 4.88. The van der Waals surface area contributed by atoms with Gasteiger partial charge in [-0.3, -0.25) is 4.79 Å². The number of hydrogen-bond acceptors (Lipinski definition) is 4. The lowest BCUT2D eigenvalue weighted by atomic mass is 10.00. The van der Waals surface area contributed by atoms with Gasteiger partial charge in [-0.25, -0.2) is 0 Å². The maximum absolute atomic E-state index is 11.9. The molecule has 15 heavy (non-hydrogen) atoms. The average Bonchev–Trinajstić information content (AvgIpc) is 2.87. The average molecular weight is 207 g/mol. The number of rotatable bonds is 1. The van der Waals surface area contributed by atoms with Crippen LogP contribution >= 0.6 is 0 Å². The van der Waals surface area contributed by atoms with Gasteiger partial charge in [0.25, 0.3) is 5.91 Å². The van der Waals surface area contributed by atoms with Gasteiger partial charge in [0, 0.05) is 31.7 Å². The predicted molar refractivity (Wildman–Crippen MR) is 52.3 cm³/mol. The van der Waals surface area contributed by atoms with Gasteiger partial charge in [-0.05, 0) is 12.3 Å². The SMILES string of the molecule is O=C(c1ccno1)N1C[C@H]2CN[C@H](C2)C1. The topological polar surface area (TPSA) is 58.4 Å². The smallest absolute Gasteiger partial charge is 0.292 e. The zero-order valence-corrected chi connectivity index (χ0v) is 8.35. The first-order valence-corrected chi connectivity index (χ1v) is 5.26. The lowest BCUT2D eigenvalue weighted by Crippen LogP contribution is -2.44. The lowest BCUT2D eigenvalue weighted by Gasteiger charge is -2.30. The van der Waals surface area contributed by atoms with E-state index in [1.807, 2.05) is 4.90 Å².